The van der Waals surface area contributed by atoms with Crippen LogP contribution in [0.3, 0.4) is 0 Å². The summed E-state index contributed by atoms with van der Waals surface area (Å²) in [7, 11) is 0. The first-order valence-electron chi connectivity index (χ1n) is 6.08. The fourth-order valence-electron chi connectivity index (χ4n) is 2.22. The van der Waals surface area contributed by atoms with E-state index in [2.05, 4.69) is 27.6 Å². The number of benzene rings is 1. The van der Waals surface area contributed by atoms with E-state index in [1.807, 2.05) is 6.07 Å². The summed E-state index contributed by atoms with van der Waals surface area (Å²) >= 11 is 5.87. The molecule has 1 aromatic heterocycles. The Kier molecular flexibility index (Phi) is 2.96. The number of aromatic nitrogens is 2. The van der Waals surface area contributed by atoms with Gasteiger partial charge in [-0.25, -0.2) is 0 Å². The molecule has 1 N–H and O–H groups in total. The van der Waals surface area contributed by atoms with E-state index in [0.717, 1.165) is 12.1 Å². The summed E-state index contributed by atoms with van der Waals surface area (Å²) < 4.78 is 5.40. The molecule has 0 fully saturated rings. The molecule has 0 spiro atoms. The molecule has 94 valence electrons. The lowest BCUT2D eigenvalue weighted by Crippen LogP contribution is -1.92. The predicted octanol–water partition coefficient (Wildman–Crippen LogP) is 3.60. The van der Waals surface area contributed by atoms with Gasteiger partial charge >= 0.3 is 6.01 Å². The summed E-state index contributed by atoms with van der Waals surface area (Å²) in [5.41, 5.74) is 3.83. The molecule has 1 heterocycles. The number of hydrogen-bond donors (Lipinski definition) is 1. The standard InChI is InChI=1S/C13H14ClN3O/c1-8(14)12-16-17-13(18-12)15-11-6-5-9-3-2-4-10(9)7-11/h5-8H,2-4H2,1H3,(H,15,17). The zero-order valence-electron chi connectivity index (χ0n) is 10.1. The highest BCUT2D eigenvalue weighted by Crippen LogP contribution is 2.27. The molecule has 2 aromatic rings. The van der Waals surface area contributed by atoms with Crippen LogP contribution in [0.5, 0.6) is 0 Å². The van der Waals surface area contributed by atoms with Gasteiger partial charge in [0.1, 0.15) is 5.38 Å². The maximum Gasteiger partial charge on any atom is 0.320 e. The van der Waals surface area contributed by atoms with E-state index in [-0.39, 0.29) is 5.38 Å². The van der Waals surface area contributed by atoms with Crippen molar-refractivity contribution in [2.75, 3.05) is 5.32 Å². The minimum absolute atomic E-state index is 0.270. The van der Waals surface area contributed by atoms with Crippen molar-refractivity contribution < 1.29 is 4.42 Å². The Bertz CT molecular complexity index is 565. The Hall–Kier alpha value is -1.55. The zero-order valence-corrected chi connectivity index (χ0v) is 10.9. The molecule has 1 unspecified atom stereocenters. The number of alkyl halides is 1. The number of hydrogen-bond acceptors (Lipinski definition) is 4. The van der Waals surface area contributed by atoms with Crippen LogP contribution >= 0.6 is 11.6 Å². The Labute approximate surface area is 110 Å². The average Bonchev–Trinajstić information content (AvgIpc) is 2.96. The summed E-state index contributed by atoms with van der Waals surface area (Å²) in [6, 6.07) is 6.73. The minimum atomic E-state index is -0.270. The van der Waals surface area contributed by atoms with Crippen molar-refractivity contribution in [1.82, 2.24) is 10.2 Å². The first-order chi connectivity index (χ1) is 8.72. The fraction of sp³-hybridized carbons (Fsp3) is 0.385. The zero-order chi connectivity index (χ0) is 12.5. The molecule has 1 atom stereocenters. The van der Waals surface area contributed by atoms with Crippen molar-refractivity contribution in [3.8, 4) is 0 Å². The Morgan fingerprint density at radius 3 is 2.89 bits per heavy atom. The first kappa shape index (κ1) is 11.5. The van der Waals surface area contributed by atoms with E-state index in [1.54, 1.807) is 6.92 Å². The van der Waals surface area contributed by atoms with Gasteiger partial charge in [0.2, 0.25) is 5.89 Å². The summed E-state index contributed by atoms with van der Waals surface area (Å²) in [5, 5.41) is 10.6. The summed E-state index contributed by atoms with van der Waals surface area (Å²) in [4.78, 5) is 0. The van der Waals surface area contributed by atoms with Crippen molar-refractivity contribution >= 4 is 23.3 Å². The molecule has 5 heteroatoms. The smallest absolute Gasteiger partial charge is 0.320 e. The highest BCUT2D eigenvalue weighted by molar-refractivity contribution is 6.20. The van der Waals surface area contributed by atoms with Gasteiger partial charge in [-0.1, -0.05) is 11.2 Å². The van der Waals surface area contributed by atoms with E-state index < -0.39 is 0 Å². The molecule has 0 radical (unpaired) electrons. The van der Waals surface area contributed by atoms with Crippen molar-refractivity contribution in [3.63, 3.8) is 0 Å². The third-order valence-electron chi connectivity index (χ3n) is 3.13. The van der Waals surface area contributed by atoms with Crippen LogP contribution in [-0.2, 0) is 12.8 Å². The lowest BCUT2D eigenvalue weighted by Gasteiger charge is -2.04. The number of anilines is 2. The van der Waals surface area contributed by atoms with Crippen LogP contribution in [0.1, 0.15) is 35.7 Å². The lowest BCUT2D eigenvalue weighted by atomic mass is 10.1. The monoisotopic (exact) mass is 263 g/mol. The molecule has 3 rings (SSSR count). The van der Waals surface area contributed by atoms with Gasteiger partial charge in [-0.05, 0) is 49.4 Å². The van der Waals surface area contributed by atoms with E-state index in [1.165, 1.54) is 24.0 Å². The predicted molar refractivity (Wildman–Crippen MR) is 70.3 cm³/mol. The second kappa shape index (κ2) is 4.61. The number of aryl methyl sites for hydroxylation is 2. The third-order valence-corrected chi connectivity index (χ3v) is 3.32. The maximum absolute atomic E-state index is 5.87. The van der Waals surface area contributed by atoms with Gasteiger partial charge in [-0.3, -0.25) is 0 Å². The van der Waals surface area contributed by atoms with Gasteiger partial charge < -0.3 is 9.73 Å². The fourth-order valence-corrected chi connectivity index (χ4v) is 2.31. The first-order valence-corrected chi connectivity index (χ1v) is 6.52. The highest BCUT2D eigenvalue weighted by atomic mass is 35.5. The van der Waals surface area contributed by atoms with Crippen LogP contribution in [-0.4, -0.2) is 10.2 Å². The molecule has 1 aliphatic carbocycles. The number of nitrogens with zero attached hydrogens (tertiary/aromatic N) is 2. The van der Waals surface area contributed by atoms with E-state index in [0.29, 0.717) is 11.9 Å². The molecular formula is C13H14ClN3O. The molecule has 1 aliphatic rings. The minimum Gasteiger partial charge on any atom is -0.406 e. The quantitative estimate of drug-likeness (QED) is 0.860. The van der Waals surface area contributed by atoms with E-state index in [9.17, 15) is 0 Å². The van der Waals surface area contributed by atoms with E-state index >= 15 is 0 Å². The largest absolute Gasteiger partial charge is 0.406 e. The van der Waals surface area contributed by atoms with Crippen LogP contribution in [0.4, 0.5) is 11.7 Å². The Morgan fingerprint density at radius 2 is 2.11 bits per heavy atom. The van der Waals surface area contributed by atoms with Crippen LogP contribution in [0.25, 0.3) is 0 Å². The number of halogens is 1. The second-order valence-corrected chi connectivity index (χ2v) is 5.18. The molecule has 18 heavy (non-hydrogen) atoms. The molecular weight excluding hydrogens is 250 g/mol. The summed E-state index contributed by atoms with van der Waals surface area (Å²) in [5.74, 6) is 0.431. The maximum atomic E-state index is 5.87. The molecule has 0 saturated heterocycles. The molecule has 0 bridgehead atoms. The van der Waals surface area contributed by atoms with Gasteiger partial charge in [0.05, 0.1) is 0 Å². The topological polar surface area (TPSA) is 51.0 Å². The number of rotatable bonds is 3. The summed E-state index contributed by atoms with van der Waals surface area (Å²) in [6.07, 6.45) is 3.58. The summed E-state index contributed by atoms with van der Waals surface area (Å²) in [6.45, 7) is 1.80. The molecule has 1 aromatic carbocycles. The normalized spacial score (nSPS) is 15.4. The number of nitrogens with one attached hydrogen (secondary N) is 1. The van der Waals surface area contributed by atoms with Gasteiger partial charge in [0.25, 0.3) is 0 Å². The van der Waals surface area contributed by atoms with Crippen LogP contribution in [0.2, 0.25) is 0 Å². The second-order valence-electron chi connectivity index (χ2n) is 4.52. The molecule has 0 saturated carbocycles. The van der Waals surface area contributed by atoms with Crippen LogP contribution < -0.4 is 5.32 Å². The van der Waals surface area contributed by atoms with Gasteiger partial charge in [0.15, 0.2) is 0 Å². The lowest BCUT2D eigenvalue weighted by molar-refractivity contribution is 0.510. The van der Waals surface area contributed by atoms with Crippen molar-refractivity contribution in [2.45, 2.75) is 31.6 Å². The Morgan fingerprint density at radius 1 is 1.28 bits per heavy atom. The highest BCUT2D eigenvalue weighted by Gasteiger charge is 2.13. The average molecular weight is 264 g/mol. The van der Waals surface area contributed by atoms with Gasteiger partial charge in [-0.15, -0.1) is 16.7 Å². The van der Waals surface area contributed by atoms with Crippen LogP contribution in [0, 0.1) is 0 Å². The van der Waals surface area contributed by atoms with Crippen molar-refractivity contribution in [2.24, 2.45) is 0 Å². The molecule has 0 amide bonds. The van der Waals surface area contributed by atoms with Gasteiger partial charge in [0, 0.05) is 5.69 Å². The van der Waals surface area contributed by atoms with Crippen molar-refractivity contribution in [1.29, 1.82) is 0 Å². The third kappa shape index (κ3) is 2.20. The molecule has 4 nitrogen and oxygen atoms in total. The van der Waals surface area contributed by atoms with Crippen LogP contribution in [0.15, 0.2) is 22.6 Å². The van der Waals surface area contributed by atoms with E-state index in [4.69, 9.17) is 16.0 Å². The Balaban J connectivity index is 1.79. The van der Waals surface area contributed by atoms with Gasteiger partial charge in [-0.2, -0.15) is 0 Å². The SMILES string of the molecule is CC(Cl)c1nnc(Nc2ccc3c(c2)CCC3)o1. The molecule has 0 aliphatic heterocycles. The number of fused-ring (bicyclic) bond motifs is 1. The van der Waals surface area contributed by atoms with Crippen molar-refractivity contribution in [3.05, 3.63) is 35.2 Å².